The Morgan fingerprint density at radius 2 is 2.22 bits per heavy atom. The number of likely N-dealkylation sites (tertiary alicyclic amines) is 1. The smallest absolute Gasteiger partial charge is 0.0471 e. The molecule has 1 fully saturated rings. The standard InChI is InChI=1S/C14H19Cl2NO/c1-10(13-7-12(15)4-5-14(13)16)17-6-2-3-11(8-17)9-18/h4-5,7,10-11,18H,2-3,6,8-9H2,1H3. The second-order valence-corrected chi connectivity index (χ2v) is 5.87. The molecule has 1 N–H and O–H groups in total. The lowest BCUT2D eigenvalue weighted by atomic mass is 9.96. The van der Waals surface area contributed by atoms with E-state index in [0.717, 1.165) is 41.5 Å². The van der Waals surface area contributed by atoms with Crippen molar-refractivity contribution in [1.29, 1.82) is 0 Å². The summed E-state index contributed by atoms with van der Waals surface area (Å²) in [7, 11) is 0. The number of benzene rings is 1. The van der Waals surface area contributed by atoms with Gasteiger partial charge in [-0.15, -0.1) is 0 Å². The lowest BCUT2D eigenvalue weighted by molar-refractivity contribution is 0.0936. The van der Waals surface area contributed by atoms with Crippen LogP contribution in [0.15, 0.2) is 18.2 Å². The zero-order valence-corrected chi connectivity index (χ0v) is 12.1. The van der Waals surface area contributed by atoms with Gasteiger partial charge in [0.15, 0.2) is 0 Å². The fraction of sp³-hybridized carbons (Fsp3) is 0.571. The first-order valence-corrected chi connectivity index (χ1v) is 7.17. The summed E-state index contributed by atoms with van der Waals surface area (Å²) in [5.41, 5.74) is 1.07. The lowest BCUT2D eigenvalue weighted by Crippen LogP contribution is -2.38. The summed E-state index contributed by atoms with van der Waals surface area (Å²) >= 11 is 12.3. The molecule has 1 saturated heterocycles. The lowest BCUT2D eigenvalue weighted by Gasteiger charge is -2.36. The number of piperidine rings is 1. The molecule has 1 heterocycles. The Kier molecular flexibility index (Phi) is 4.91. The van der Waals surface area contributed by atoms with Crippen LogP contribution in [-0.2, 0) is 0 Å². The summed E-state index contributed by atoms with van der Waals surface area (Å²) in [6, 6.07) is 5.85. The van der Waals surface area contributed by atoms with Crippen molar-refractivity contribution < 1.29 is 5.11 Å². The van der Waals surface area contributed by atoms with Crippen molar-refractivity contribution in [1.82, 2.24) is 4.90 Å². The van der Waals surface area contributed by atoms with Crippen LogP contribution in [0.25, 0.3) is 0 Å². The Labute approximate surface area is 119 Å². The van der Waals surface area contributed by atoms with E-state index in [-0.39, 0.29) is 12.6 Å². The molecule has 1 aromatic carbocycles. The second-order valence-electron chi connectivity index (χ2n) is 5.03. The molecular formula is C14H19Cl2NO. The quantitative estimate of drug-likeness (QED) is 0.915. The van der Waals surface area contributed by atoms with Gasteiger partial charge in [0.1, 0.15) is 0 Å². The Hall–Kier alpha value is -0.280. The van der Waals surface area contributed by atoms with E-state index in [1.54, 1.807) is 0 Å². The fourth-order valence-electron chi connectivity index (χ4n) is 2.63. The SMILES string of the molecule is CC(c1cc(Cl)ccc1Cl)N1CCCC(CO)C1. The number of rotatable bonds is 3. The first-order valence-electron chi connectivity index (χ1n) is 6.41. The van der Waals surface area contributed by atoms with Gasteiger partial charge in [0.25, 0.3) is 0 Å². The van der Waals surface area contributed by atoms with Crippen LogP contribution in [0.5, 0.6) is 0 Å². The molecule has 0 bridgehead atoms. The predicted molar refractivity (Wildman–Crippen MR) is 76.3 cm³/mol. The van der Waals surface area contributed by atoms with Crippen molar-refractivity contribution in [3.05, 3.63) is 33.8 Å². The predicted octanol–water partition coefficient (Wildman–Crippen LogP) is 3.76. The van der Waals surface area contributed by atoms with Crippen LogP contribution < -0.4 is 0 Å². The second kappa shape index (κ2) is 6.25. The third-order valence-corrected chi connectivity index (χ3v) is 4.34. The van der Waals surface area contributed by atoms with Crippen molar-refractivity contribution in [3.63, 3.8) is 0 Å². The minimum absolute atomic E-state index is 0.241. The molecule has 2 nitrogen and oxygen atoms in total. The highest BCUT2D eigenvalue weighted by atomic mass is 35.5. The maximum absolute atomic E-state index is 9.29. The van der Waals surface area contributed by atoms with E-state index < -0.39 is 0 Å². The molecule has 0 saturated carbocycles. The average molecular weight is 288 g/mol. The number of hydrogen-bond donors (Lipinski definition) is 1. The minimum Gasteiger partial charge on any atom is -0.396 e. The third kappa shape index (κ3) is 3.18. The van der Waals surface area contributed by atoms with Gasteiger partial charge >= 0.3 is 0 Å². The first-order chi connectivity index (χ1) is 8.61. The molecule has 1 aliphatic rings. The zero-order valence-electron chi connectivity index (χ0n) is 10.6. The molecule has 0 spiro atoms. The molecule has 18 heavy (non-hydrogen) atoms. The summed E-state index contributed by atoms with van der Waals surface area (Å²) in [5.74, 6) is 0.388. The maximum Gasteiger partial charge on any atom is 0.0471 e. The minimum atomic E-state index is 0.241. The maximum atomic E-state index is 9.29. The van der Waals surface area contributed by atoms with E-state index in [4.69, 9.17) is 23.2 Å². The van der Waals surface area contributed by atoms with Gasteiger partial charge in [0.05, 0.1) is 0 Å². The number of aliphatic hydroxyl groups excluding tert-OH is 1. The Morgan fingerprint density at radius 3 is 2.94 bits per heavy atom. The third-order valence-electron chi connectivity index (χ3n) is 3.76. The highest BCUT2D eigenvalue weighted by Crippen LogP contribution is 2.32. The molecule has 0 aliphatic carbocycles. The summed E-state index contributed by atoms with van der Waals surface area (Å²) in [6.07, 6.45) is 2.25. The van der Waals surface area contributed by atoms with Crippen LogP contribution in [0.1, 0.15) is 31.4 Å². The Morgan fingerprint density at radius 1 is 1.44 bits per heavy atom. The topological polar surface area (TPSA) is 23.5 Å². The molecule has 0 aromatic heterocycles. The molecule has 2 atom stereocenters. The largest absolute Gasteiger partial charge is 0.396 e. The van der Waals surface area contributed by atoms with Gasteiger partial charge in [-0.25, -0.2) is 0 Å². The zero-order chi connectivity index (χ0) is 13.1. The molecule has 2 unspecified atom stereocenters. The molecular weight excluding hydrogens is 269 g/mol. The van der Waals surface area contributed by atoms with Gasteiger partial charge in [0.2, 0.25) is 0 Å². The van der Waals surface area contributed by atoms with Gasteiger partial charge in [-0.2, -0.15) is 0 Å². The van der Waals surface area contributed by atoms with Gasteiger partial charge < -0.3 is 5.11 Å². The van der Waals surface area contributed by atoms with Gasteiger partial charge in [-0.1, -0.05) is 23.2 Å². The molecule has 2 rings (SSSR count). The first kappa shape index (κ1) is 14.1. The van der Waals surface area contributed by atoms with Crippen LogP contribution in [0.4, 0.5) is 0 Å². The molecule has 100 valence electrons. The average Bonchev–Trinajstić information content (AvgIpc) is 2.41. The number of halogens is 2. The summed E-state index contributed by atoms with van der Waals surface area (Å²) < 4.78 is 0. The summed E-state index contributed by atoms with van der Waals surface area (Å²) in [6.45, 7) is 4.41. The number of aliphatic hydroxyl groups is 1. The van der Waals surface area contributed by atoms with Crippen LogP contribution in [0.2, 0.25) is 10.0 Å². The van der Waals surface area contributed by atoms with E-state index in [2.05, 4.69) is 11.8 Å². The highest BCUT2D eigenvalue weighted by Gasteiger charge is 2.25. The van der Waals surface area contributed by atoms with E-state index in [9.17, 15) is 5.11 Å². The normalized spacial score (nSPS) is 23.0. The molecule has 0 amide bonds. The van der Waals surface area contributed by atoms with E-state index in [1.165, 1.54) is 0 Å². The number of hydrogen-bond acceptors (Lipinski definition) is 2. The molecule has 1 aromatic rings. The van der Waals surface area contributed by atoms with E-state index in [1.807, 2.05) is 18.2 Å². The van der Waals surface area contributed by atoms with Crippen molar-refractivity contribution in [2.24, 2.45) is 5.92 Å². The monoisotopic (exact) mass is 287 g/mol. The van der Waals surface area contributed by atoms with Crippen LogP contribution in [0.3, 0.4) is 0 Å². The van der Waals surface area contributed by atoms with Gasteiger partial charge in [0, 0.05) is 29.2 Å². The Bertz CT molecular complexity index is 411. The van der Waals surface area contributed by atoms with Crippen molar-refractivity contribution in [2.45, 2.75) is 25.8 Å². The van der Waals surface area contributed by atoms with Gasteiger partial charge in [-0.3, -0.25) is 4.90 Å². The van der Waals surface area contributed by atoms with Crippen LogP contribution >= 0.6 is 23.2 Å². The molecule has 1 aliphatic heterocycles. The molecule has 4 heteroatoms. The summed E-state index contributed by atoms with van der Waals surface area (Å²) in [5, 5.41) is 10.8. The van der Waals surface area contributed by atoms with Crippen molar-refractivity contribution in [3.8, 4) is 0 Å². The van der Waals surface area contributed by atoms with Gasteiger partial charge in [-0.05, 0) is 56.0 Å². The van der Waals surface area contributed by atoms with Crippen LogP contribution in [0, 0.1) is 5.92 Å². The van der Waals surface area contributed by atoms with Crippen LogP contribution in [-0.4, -0.2) is 29.7 Å². The van der Waals surface area contributed by atoms with E-state index in [0.29, 0.717) is 5.92 Å². The fourth-order valence-corrected chi connectivity index (χ4v) is 3.09. The summed E-state index contributed by atoms with van der Waals surface area (Å²) in [4.78, 5) is 2.38. The van der Waals surface area contributed by atoms with E-state index >= 15 is 0 Å². The number of nitrogens with zero attached hydrogens (tertiary/aromatic N) is 1. The highest BCUT2D eigenvalue weighted by molar-refractivity contribution is 6.33. The molecule has 0 radical (unpaired) electrons. The van der Waals surface area contributed by atoms with Crippen molar-refractivity contribution in [2.75, 3.05) is 19.7 Å². The van der Waals surface area contributed by atoms with Crippen molar-refractivity contribution >= 4 is 23.2 Å². The Balaban J connectivity index is 2.14.